The van der Waals surface area contributed by atoms with Crippen LogP contribution in [-0.4, -0.2) is 43.8 Å². The van der Waals surface area contributed by atoms with E-state index < -0.39 is 31.0 Å². The Morgan fingerprint density at radius 3 is 1.95 bits per heavy atom. The molecule has 0 aromatic rings. The minimum absolute atomic E-state index is 0.0424. The summed E-state index contributed by atoms with van der Waals surface area (Å²) >= 11 is 0. The van der Waals surface area contributed by atoms with Crippen molar-refractivity contribution in [1.82, 2.24) is 5.32 Å². The van der Waals surface area contributed by atoms with Gasteiger partial charge in [0.2, 0.25) is 5.78 Å². The Hall–Kier alpha value is -1.11. The molecule has 0 fully saturated rings. The molecule has 0 aromatic carbocycles. The minimum atomic E-state index is -3.91. The third kappa shape index (κ3) is 6.93. The molecule has 0 rings (SSSR count). The van der Waals surface area contributed by atoms with Gasteiger partial charge in [-0.25, -0.2) is 9.59 Å². The highest BCUT2D eigenvalue weighted by molar-refractivity contribution is 7.55. The molecule has 0 aliphatic carbocycles. The maximum absolute atomic E-state index is 12.6. The first-order valence-electron chi connectivity index (χ1n) is 6.55. The zero-order valence-corrected chi connectivity index (χ0v) is 14.2. The monoisotopic (exact) mass is 325 g/mol. The first kappa shape index (κ1) is 19.9. The summed E-state index contributed by atoms with van der Waals surface area (Å²) in [5.74, 6) is -2.52. The average molecular weight is 325 g/mol. The van der Waals surface area contributed by atoms with Crippen molar-refractivity contribution < 1.29 is 32.7 Å². The van der Waals surface area contributed by atoms with Crippen LogP contribution in [-0.2, 0) is 27.9 Å². The number of ether oxygens (including phenoxy) is 2. The lowest BCUT2D eigenvalue weighted by Gasteiger charge is -2.26. The molecule has 8 nitrogen and oxygen atoms in total. The molecule has 0 saturated carbocycles. The maximum atomic E-state index is 12.6. The fourth-order valence-corrected chi connectivity index (χ4v) is 3.06. The second-order valence-corrected chi connectivity index (χ2v) is 7.06. The van der Waals surface area contributed by atoms with Crippen LogP contribution in [0.2, 0.25) is 0 Å². The fraction of sp³-hybridized carbons (Fsp3) is 0.833. The molecule has 0 saturated heterocycles. The number of hydrogen-bond donors (Lipinski definition) is 1. The number of nitrogens with one attached hydrogen (secondary N) is 1. The number of rotatable bonds is 7. The molecule has 9 heteroatoms. The first-order chi connectivity index (χ1) is 9.59. The zero-order valence-electron chi connectivity index (χ0n) is 13.3. The Balaban J connectivity index is 5.23. The summed E-state index contributed by atoms with van der Waals surface area (Å²) in [6, 6.07) is 0. The third-order valence-corrected chi connectivity index (χ3v) is 4.22. The molecule has 0 aromatic heterocycles. The summed E-state index contributed by atoms with van der Waals surface area (Å²) < 4.78 is 32.3. The molecule has 0 heterocycles. The van der Waals surface area contributed by atoms with E-state index in [4.69, 9.17) is 13.8 Å². The molecule has 0 spiro atoms. The van der Waals surface area contributed by atoms with Crippen molar-refractivity contribution >= 4 is 19.7 Å². The molecule has 1 amide bonds. The second kappa shape index (κ2) is 8.36. The van der Waals surface area contributed by atoms with E-state index in [0.717, 1.165) is 7.11 Å². The van der Waals surface area contributed by atoms with Crippen LogP contribution in [0.15, 0.2) is 0 Å². The highest BCUT2D eigenvalue weighted by atomic mass is 31.2. The topological polar surface area (TPSA) is 100 Å². The van der Waals surface area contributed by atoms with Gasteiger partial charge in [0.15, 0.2) is 0 Å². The SMILES string of the molecule is CCOP(=O)(OCC)C(NC(=O)OC(C)(C)C)C(=O)OC. The average Bonchev–Trinajstić information content (AvgIpc) is 2.33. The second-order valence-electron chi connectivity index (χ2n) is 4.95. The van der Waals surface area contributed by atoms with E-state index in [2.05, 4.69) is 10.1 Å². The van der Waals surface area contributed by atoms with Gasteiger partial charge in [-0.15, -0.1) is 0 Å². The molecule has 1 N–H and O–H groups in total. The Bertz CT molecular complexity index is 395. The predicted molar refractivity (Wildman–Crippen MR) is 76.0 cm³/mol. The quantitative estimate of drug-likeness (QED) is 0.566. The van der Waals surface area contributed by atoms with Gasteiger partial charge in [0.05, 0.1) is 20.3 Å². The zero-order chi connectivity index (χ0) is 16.7. The van der Waals surface area contributed by atoms with E-state index in [1.807, 2.05) is 0 Å². The molecule has 0 aliphatic rings. The lowest BCUT2D eigenvalue weighted by Crippen LogP contribution is -2.44. The first-order valence-corrected chi connectivity index (χ1v) is 8.17. The number of carbonyl (C=O) groups excluding carboxylic acids is 2. The standard InChI is InChI=1S/C12H24NO7P/c1-7-18-21(16,19-8-2)9(10(14)17-6)13-11(15)20-12(3,4)5/h9H,7-8H2,1-6H3,(H,13,15). The summed E-state index contributed by atoms with van der Waals surface area (Å²) in [5.41, 5.74) is -0.772. The summed E-state index contributed by atoms with van der Waals surface area (Å²) in [4.78, 5) is 23.6. The number of amides is 1. The van der Waals surface area contributed by atoms with Gasteiger partial charge in [0.25, 0.3) is 0 Å². The van der Waals surface area contributed by atoms with Crippen LogP contribution >= 0.6 is 7.60 Å². The van der Waals surface area contributed by atoms with Crippen molar-refractivity contribution in [3.8, 4) is 0 Å². The molecule has 0 radical (unpaired) electrons. The highest BCUT2D eigenvalue weighted by Crippen LogP contribution is 2.52. The van der Waals surface area contributed by atoms with Crippen molar-refractivity contribution in [1.29, 1.82) is 0 Å². The van der Waals surface area contributed by atoms with Gasteiger partial charge in [-0.2, -0.15) is 0 Å². The number of carbonyl (C=O) groups is 2. The smallest absolute Gasteiger partial charge is 0.408 e. The molecule has 1 unspecified atom stereocenters. The van der Waals surface area contributed by atoms with Crippen LogP contribution < -0.4 is 5.32 Å². The summed E-state index contributed by atoms with van der Waals surface area (Å²) in [6.07, 6.45) is -0.919. The lowest BCUT2D eigenvalue weighted by molar-refractivity contribution is -0.141. The molecule has 21 heavy (non-hydrogen) atoms. The Morgan fingerprint density at radius 1 is 1.14 bits per heavy atom. The van der Waals surface area contributed by atoms with Crippen molar-refractivity contribution in [2.45, 2.75) is 46.0 Å². The van der Waals surface area contributed by atoms with Crippen LogP contribution in [0.3, 0.4) is 0 Å². The molecular weight excluding hydrogens is 301 g/mol. The van der Waals surface area contributed by atoms with E-state index in [1.54, 1.807) is 34.6 Å². The van der Waals surface area contributed by atoms with Gasteiger partial charge in [0.1, 0.15) is 5.60 Å². The van der Waals surface area contributed by atoms with E-state index >= 15 is 0 Å². The van der Waals surface area contributed by atoms with Crippen molar-refractivity contribution in [3.05, 3.63) is 0 Å². The number of methoxy groups -OCH3 is 1. The summed E-state index contributed by atoms with van der Waals surface area (Å²) in [6.45, 7) is 8.24. The van der Waals surface area contributed by atoms with Crippen LogP contribution in [0.25, 0.3) is 0 Å². The predicted octanol–water partition coefficient (Wildman–Crippen LogP) is 2.28. The maximum Gasteiger partial charge on any atom is 0.408 e. The van der Waals surface area contributed by atoms with E-state index in [0.29, 0.717) is 0 Å². The van der Waals surface area contributed by atoms with Gasteiger partial charge >= 0.3 is 19.7 Å². The van der Waals surface area contributed by atoms with Crippen LogP contribution in [0.1, 0.15) is 34.6 Å². The van der Waals surface area contributed by atoms with Crippen LogP contribution in [0.4, 0.5) is 4.79 Å². The fourth-order valence-electron chi connectivity index (χ4n) is 1.34. The van der Waals surface area contributed by atoms with Gasteiger partial charge in [-0.3, -0.25) is 9.88 Å². The van der Waals surface area contributed by atoms with Crippen molar-refractivity contribution in [2.24, 2.45) is 0 Å². The van der Waals surface area contributed by atoms with Gasteiger partial charge < -0.3 is 18.5 Å². The van der Waals surface area contributed by atoms with Crippen LogP contribution in [0, 0.1) is 0 Å². The molecule has 124 valence electrons. The van der Waals surface area contributed by atoms with E-state index in [9.17, 15) is 14.2 Å². The normalized spacial score (nSPS) is 13.4. The van der Waals surface area contributed by atoms with Gasteiger partial charge in [-0.05, 0) is 34.6 Å². The largest absolute Gasteiger partial charge is 0.467 e. The molecule has 0 aliphatic heterocycles. The summed E-state index contributed by atoms with van der Waals surface area (Å²) in [7, 11) is -2.80. The van der Waals surface area contributed by atoms with Crippen molar-refractivity contribution in [2.75, 3.05) is 20.3 Å². The Morgan fingerprint density at radius 2 is 1.62 bits per heavy atom. The van der Waals surface area contributed by atoms with Gasteiger partial charge in [0, 0.05) is 0 Å². The van der Waals surface area contributed by atoms with E-state index in [-0.39, 0.29) is 13.2 Å². The molecular formula is C12H24NO7P. The lowest BCUT2D eigenvalue weighted by atomic mass is 10.2. The summed E-state index contributed by atoms with van der Waals surface area (Å²) in [5, 5.41) is 2.19. The van der Waals surface area contributed by atoms with Crippen LogP contribution in [0.5, 0.6) is 0 Å². The third-order valence-electron chi connectivity index (χ3n) is 2.01. The van der Waals surface area contributed by atoms with E-state index in [1.165, 1.54) is 0 Å². The van der Waals surface area contributed by atoms with Gasteiger partial charge in [-0.1, -0.05) is 0 Å². The molecule has 0 bridgehead atoms. The number of alkyl carbamates (subject to hydrolysis) is 1. The molecule has 1 atom stereocenters. The number of hydrogen-bond acceptors (Lipinski definition) is 7. The minimum Gasteiger partial charge on any atom is -0.467 e. The highest BCUT2D eigenvalue weighted by Gasteiger charge is 2.44. The number of esters is 1. The Kier molecular flexibility index (Phi) is 7.92. The Labute approximate surface area is 125 Å². The van der Waals surface area contributed by atoms with Crippen molar-refractivity contribution in [3.63, 3.8) is 0 Å².